The van der Waals surface area contributed by atoms with Crippen LogP contribution in [0.2, 0.25) is 5.02 Å². The van der Waals surface area contributed by atoms with Gasteiger partial charge in [0.2, 0.25) is 0 Å². The summed E-state index contributed by atoms with van der Waals surface area (Å²) in [5.41, 5.74) is -0.0891. The van der Waals surface area contributed by atoms with Gasteiger partial charge in [0.1, 0.15) is 5.82 Å². The van der Waals surface area contributed by atoms with Crippen LogP contribution in [0.15, 0.2) is 18.2 Å². The Morgan fingerprint density at radius 2 is 2.27 bits per heavy atom. The lowest BCUT2D eigenvalue weighted by Crippen LogP contribution is -2.25. The molecule has 0 aromatic heterocycles. The van der Waals surface area contributed by atoms with Crippen molar-refractivity contribution in [3.05, 3.63) is 34.6 Å². The largest absolute Gasteiger partial charge is 0.352 e. The first kappa shape index (κ1) is 12.5. The number of alkyl halides is 1. The fraction of sp³-hybridized carbons (Fsp3) is 0.300. The number of hydrogen-bond acceptors (Lipinski definition) is 1. The van der Waals surface area contributed by atoms with Crippen molar-refractivity contribution in [2.75, 3.05) is 11.9 Å². The Morgan fingerprint density at radius 3 is 2.87 bits per heavy atom. The van der Waals surface area contributed by atoms with E-state index in [4.69, 9.17) is 11.6 Å². The van der Waals surface area contributed by atoms with Gasteiger partial charge < -0.3 is 5.32 Å². The van der Waals surface area contributed by atoms with Crippen molar-refractivity contribution in [3.63, 3.8) is 0 Å². The van der Waals surface area contributed by atoms with Crippen molar-refractivity contribution >= 4 is 33.4 Å². The number of hydrogen-bond donors (Lipinski definition) is 1. The number of carbonyl (C=O) groups excluding carboxylic acids is 1. The van der Waals surface area contributed by atoms with Gasteiger partial charge in [-0.3, -0.25) is 4.79 Å². The van der Waals surface area contributed by atoms with Gasteiger partial charge in [0.15, 0.2) is 0 Å². The van der Waals surface area contributed by atoms with Crippen LogP contribution in [0.25, 0.3) is 0 Å². The molecule has 1 N–H and O–H groups in total. The molecule has 0 heterocycles. The Balaban J connectivity index is 2.73. The molecule has 0 saturated heterocycles. The fourth-order valence-corrected chi connectivity index (χ4v) is 1.60. The van der Waals surface area contributed by atoms with Gasteiger partial charge >= 0.3 is 0 Å². The van der Waals surface area contributed by atoms with Crippen LogP contribution in [0.3, 0.4) is 0 Å². The fourth-order valence-electron chi connectivity index (χ4n) is 1.07. The van der Waals surface area contributed by atoms with Crippen molar-refractivity contribution in [3.8, 4) is 0 Å². The van der Waals surface area contributed by atoms with Gasteiger partial charge in [-0.15, -0.1) is 0 Å². The second kappa shape index (κ2) is 6.08. The second-order valence-electron chi connectivity index (χ2n) is 2.90. The van der Waals surface area contributed by atoms with Crippen molar-refractivity contribution in [1.29, 1.82) is 0 Å². The van der Waals surface area contributed by atoms with Gasteiger partial charge in [-0.25, -0.2) is 4.39 Å². The molecule has 0 unspecified atom stereocenters. The van der Waals surface area contributed by atoms with Gasteiger partial charge in [-0.05, 0) is 18.6 Å². The van der Waals surface area contributed by atoms with E-state index in [-0.39, 0.29) is 10.6 Å². The summed E-state index contributed by atoms with van der Waals surface area (Å²) in [6, 6.07) is 4.17. The van der Waals surface area contributed by atoms with E-state index in [1.54, 1.807) is 0 Å². The van der Waals surface area contributed by atoms with Crippen LogP contribution >= 0.6 is 27.5 Å². The van der Waals surface area contributed by atoms with E-state index in [0.717, 1.165) is 11.8 Å². The first-order chi connectivity index (χ1) is 7.16. The molecule has 1 aromatic carbocycles. The minimum Gasteiger partial charge on any atom is -0.352 e. The number of carbonyl (C=O) groups is 1. The third-order valence-electron chi connectivity index (χ3n) is 1.79. The summed E-state index contributed by atoms with van der Waals surface area (Å²) in [5, 5.41) is 3.51. The zero-order valence-corrected chi connectivity index (χ0v) is 10.2. The van der Waals surface area contributed by atoms with Crippen LogP contribution in [-0.2, 0) is 0 Å². The molecule has 5 heteroatoms. The predicted molar refractivity (Wildman–Crippen MR) is 62.2 cm³/mol. The van der Waals surface area contributed by atoms with Crippen LogP contribution in [0.1, 0.15) is 16.8 Å². The molecular formula is C10H10BrClFNO. The average molecular weight is 295 g/mol. The summed E-state index contributed by atoms with van der Waals surface area (Å²) in [6.45, 7) is 0.495. The molecule has 0 aliphatic heterocycles. The quantitative estimate of drug-likeness (QED) is 0.671. The van der Waals surface area contributed by atoms with Gasteiger partial charge in [-0.1, -0.05) is 33.6 Å². The highest BCUT2D eigenvalue weighted by Crippen LogP contribution is 2.18. The Bertz CT molecular complexity index is 339. The van der Waals surface area contributed by atoms with Crippen LogP contribution < -0.4 is 5.32 Å². The third-order valence-corrected chi connectivity index (χ3v) is 2.66. The Labute approximate surface area is 101 Å². The van der Waals surface area contributed by atoms with Crippen LogP contribution in [0.5, 0.6) is 0 Å². The Hall–Kier alpha value is -0.610. The monoisotopic (exact) mass is 293 g/mol. The Morgan fingerprint density at radius 1 is 1.53 bits per heavy atom. The molecule has 0 aliphatic carbocycles. The number of nitrogens with one attached hydrogen (secondary N) is 1. The van der Waals surface area contributed by atoms with E-state index in [1.165, 1.54) is 18.2 Å². The first-order valence-electron chi connectivity index (χ1n) is 4.45. The summed E-state index contributed by atoms with van der Waals surface area (Å²) < 4.78 is 13.3. The maximum atomic E-state index is 13.3. The summed E-state index contributed by atoms with van der Waals surface area (Å²) in [7, 11) is 0. The SMILES string of the molecule is O=C(NCCCBr)c1c(F)cccc1Cl. The molecule has 0 fully saturated rings. The zero-order chi connectivity index (χ0) is 11.3. The zero-order valence-electron chi connectivity index (χ0n) is 7.90. The minimum absolute atomic E-state index is 0.0891. The van der Waals surface area contributed by atoms with E-state index in [0.29, 0.717) is 6.54 Å². The lowest BCUT2D eigenvalue weighted by Gasteiger charge is -2.06. The van der Waals surface area contributed by atoms with E-state index < -0.39 is 11.7 Å². The molecule has 1 rings (SSSR count). The van der Waals surface area contributed by atoms with Crippen LogP contribution in [0, 0.1) is 5.82 Å². The maximum absolute atomic E-state index is 13.3. The molecule has 82 valence electrons. The van der Waals surface area contributed by atoms with Gasteiger partial charge in [0.25, 0.3) is 5.91 Å². The number of rotatable bonds is 4. The lowest BCUT2D eigenvalue weighted by atomic mass is 10.2. The average Bonchev–Trinajstić information content (AvgIpc) is 2.18. The highest BCUT2D eigenvalue weighted by molar-refractivity contribution is 9.09. The molecule has 0 radical (unpaired) electrons. The molecule has 2 nitrogen and oxygen atoms in total. The topological polar surface area (TPSA) is 29.1 Å². The van der Waals surface area contributed by atoms with Crippen molar-refractivity contribution < 1.29 is 9.18 Å². The summed E-state index contributed by atoms with van der Waals surface area (Å²) >= 11 is 8.96. The highest BCUT2D eigenvalue weighted by Gasteiger charge is 2.14. The van der Waals surface area contributed by atoms with Gasteiger partial charge in [0.05, 0.1) is 10.6 Å². The second-order valence-corrected chi connectivity index (χ2v) is 4.10. The summed E-state index contributed by atoms with van der Waals surface area (Å²) in [4.78, 5) is 11.5. The van der Waals surface area contributed by atoms with Crippen LogP contribution in [-0.4, -0.2) is 17.8 Å². The molecule has 0 atom stereocenters. The van der Waals surface area contributed by atoms with Crippen molar-refractivity contribution in [1.82, 2.24) is 5.32 Å². The molecule has 1 amide bonds. The maximum Gasteiger partial charge on any atom is 0.255 e. The van der Waals surface area contributed by atoms with E-state index in [9.17, 15) is 9.18 Å². The smallest absolute Gasteiger partial charge is 0.255 e. The molecule has 0 saturated carbocycles. The number of halogens is 3. The van der Waals surface area contributed by atoms with Gasteiger partial charge in [-0.2, -0.15) is 0 Å². The molecule has 0 spiro atoms. The molecular weight excluding hydrogens is 284 g/mol. The normalized spacial score (nSPS) is 10.1. The standard InChI is InChI=1S/C10H10BrClFNO/c11-5-2-6-14-10(15)9-7(12)3-1-4-8(9)13/h1,3-4H,2,5-6H2,(H,14,15). The van der Waals surface area contributed by atoms with E-state index >= 15 is 0 Å². The number of amides is 1. The molecule has 1 aromatic rings. The highest BCUT2D eigenvalue weighted by atomic mass is 79.9. The Kier molecular flexibility index (Phi) is 5.05. The first-order valence-corrected chi connectivity index (χ1v) is 5.95. The van der Waals surface area contributed by atoms with E-state index in [2.05, 4.69) is 21.2 Å². The number of benzene rings is 1. The van der Waals surface area contributed by atoms with Gasteiger partial charge in [0, 0.05) is 11.9 Å². The molecule has 0 bridgehead atoms. The lowest BCUT2D eigenvalue weighted by molar-refractivity contribution is 0.0950. The molecule has 0 aliphatic rings. The molecule has 15 heavy (non-hydrogen) atoms. The minimum atomic E-state index is -0.598. The summed E-state index contributed by atoms with van der Waals surface area (Å²) in [5.74, 6) is -1.07. The van der Waals surface area contributed by atoms with E-state index in [1.807, 2.05) is 0 Å². The predicted octanol–water partition coefficient (Wildman–Crippen LogP) is 2.99. The van der Waals surface area contributed by atoms with Crippen molar-refractivity contribution in [2.24, 2.45) is 0 Å². The summed E-state index contributed by atoms with van der Waals surface area (Å²) in [6.07, 6.45) is 0.789. The van der Waals surface area contributed by atoms with Crippen molar-refractivity contribution in [2.45, 2.75) is 6.42 Å². The van der Waals surface area contributed by atoms with Crippen LogP contribution in [0.4, 0.5) is 4.39 Å². The third kappa shape index (κ3) is 3.47.